The monoisotopic (exact) mass is 258 g/mol. The summed E-state index contributed by atoms with van der Waals surface area (Å²) < 4.78 is 13.6. The fraction of sp³-hybridized carbons (Fsp3) is 0.250. The van der Waals surface area contributed by atoms with Crippen LogP contribution in [0.15, 0.2) is 42.5 Å². The van der Waals surface area contributed by atoms with Crippen LogP contribution < -0.4 is 10.6 Å². The Morgan fingerprint density at radius 1 is 1.11 bits per heavy atom. The number of halogens is 1. The molecule has 2 rings (SSSR count). The van der Waals surface area contributed by atoms with Gasteiger partial charge in [-0.05, 0) is 36.6 Å². The molecule has 0 aliphatic heterocycles. The van der Waals surface area contributed by atoms with Gasteiger partial charge in [0.05, 0.1) is 11.4 Å². The first-order chi connectivity index (χ1) is 9.09. The number of rotatable bonds is 4. The molecule has 0 radical (unpaired) electrons. The first-order valence-corrected chi connectivity index (χ1v) is 6.39. The van der Waals surface area contributed by atoms with Gasteiger partial charge in [0.15, 0.2) is 0 Å². The van der Waals surface area contributed by atoms with Crippen LogP contribution in [0.3, 0.4) is 0 Å². The molecule has 0 aliphatic rings. The molecule has 0 fully saturated rings. The topological polar surface area (TPSA) is 29.3 Å². The highest BCUT2D eigenvalue weighted by molar-refractivity contribution is 5.71. The molecule has 2 aromatic rings. The highest BCUT2D eigenvalue weighted by atomic mass is 19.1. The molecular weight excluding hydrogens is 239 g/mol. The maximum atomic E-state index is 13.6. The van der Waals surface area contributed by atoms with Crippen LogP contribution >= 0.6 is 0 Å². The number of hydrogen-bond donors (Lipinski definition) is 1. The Morgan fingerprint density at radius 2 is 1.84 bits per heavy atom. The van der Waals surface area contributed by atoms with Crippen LogP contribution in [-0.2, 0) is 6.42 Å². The first-order valence-electron chi connectivity index (χ1n) is 6.39. The number of benzene rings is 2. The second-order valence-corrected chi connectivity index (χ2v) is 4.78. The van der Waals surface area contributed by atoms with Gasteiger partial charge in [-0.15, -0.1) is 0 Å². The number of hydrogen-bond acceptors (Lipinski definition) is 2. The van der Waals surface area contributed by atoms with Gasteiger partial charge in [-0.2, -0.15) is 0 Å². The standard InChI is InChI=1S/C16H19FN2/c1-12-6-5-9-15(18)16(12)19(2)11-10-13-7-3-4-8-14(13)17/h3-9H,10-11,18H2,1-2H3. The van der Waals surface area contributed by atoms with Crippen LogP contribution in [0.2, 0.25) is 0 Å². The van der Waals surface area contributed by atoms with Crippen LogP contribution in [-0.4, -0.2) is 13.6 Å². The molecule has 0 unspecified atom stereocenters. The number of para-hydroxylation sites is 1. The smallest absolute Gasteiger partial charge is 0.126 e. The van der Waals surface area contributed by atoms with Crippen molar-refractivity contribution in [2.45, 2.75) is 13.3 Å². The largest absolute Gasteiger partial charge is 0.397 e. The lowest BCUT2D eigenvalue weighted by molar-refractivity contribution is 0.608. The summed E-state index contributed by atoms with van der Waals surface area (Å²) in [6.07, 6.45) is 0.664. The molecular formula is C16H19FN2. The average Bonchev–Trinajstić information content (AvgIpc) is 2.37. The second kappa shape index (κ2) is 5.74. The van der Waals surface area contributed by atoms with Gasteiger partial charge in [0.2, 0.25) is 0 Å². The van der Waals surface area contributed by atoms with Crippen molar-refractivity contribution in [1.29, 1.82) is 0 Å². The quantitative estimate of drug-likeness (QED) is 0.852. The number of nitrogens with zero attached hydrogens (tertiary/aromatic N) is 1. The average molecular weight is 258 g/mol. The van der Waals surface area contributed by atoms with Crippen LogP contribution in [0.25, 0.3) is 0 Å². The highest BCUT2D eigenvalue weighted by Gasteiger charge is 2.09. The Kier molecular flexibility index (Phi) is 4.05. The summed E-state index contributed by atoms with van der Waals surface area (Å²) in [5, 5.41) is 0. The second-order valence-electron chi connectivity index (χ2n) is 4.78. The van der Waals surface area contributed by atoms with Crippen LogP contribution in [0.1, 0.15) is 11.1 Å². The van der Waals surface area contributed by atoms with Gasteiger partial charge >= 0.3 is 0 Å². The SMILES string of the molecule is Cc1cccc(N)c1N(C)CCc1ccccc1F. The molecule has 0 saturated carbocycles. The molecule has 0 spiro atoms. The maximum absolute atomic E-state index is 13.6. The van der Waals surface area contributed by atoms with Crippen molar-refractivity contribution in [3.63, 3.8) is 0 Å². The zero-order valence-electron chi connectivity index (χ0n) is 11.4. The van der Waals surface area contributed by atoms with Gasteiger partial charge in [0, 0.05) is 13.6 Å². The van der Waals surface area contributed by atoms with E-state index in [1.165, 1.54) is 6.07 Å². The third-order valence-corrected chi connectivity index (χ3v) is 3.33. The molecule has 0 saturated heterocycles. The molecule has 19 heavy (non-hydrogen) atoms. The van der Waals surface area contributed by atoms with Gasteiger partial charge in [-0.3, -0.25) is 0 Å². The Balaban J connectivity index is 2.10. The van der Waals surface area contributed by atoms with E-state index in [9.17, 15) is 4.39 Å². The predicted octanol–water partition coefficient (Wildman–Crippen LogP) is 3.40. The van der Waals surface area contributed by atoms with Gasteiger partial charge in [0.1, 0.15) is 5.82 Å². The zero-order chi connectivity index (χ0) is 13.8. The van der Waals surface area contributed by atoms with Gasteiger partial charge in [0.25, 0.3) is 0 Å². The van der Waals surface area contributed by atoms with E-state index >= 15 is 0 Å². The summed E-state index contributed by atoms with van der Waals surface area (Å²) in [5.74, 6) is -0.145. The number of likely N-dealkylation sites (N-methyl/N-ethyl adjacent to an activating group) is 1. The first kappa shape index (κ1) is 13.4. The molecule has 0 heterocycles. The van der Waals surface area contributed by atoms with Gasteiger partial charge in [-0.1, -0.05) is 30.3 Å². The number of nitrogens with two attached hydrogens (primary N) is 1. The molecule has 2 nitrogen and oxygen atoms in total. The normalized spacial score (nSPS) is 10.5. The van der Waals surface area contributed by atoms with Crippen molar-refractivity contribution >= 4 is 11.4 Å². The predicted molar refractivity (Wildman–Crippen MR) is 79.0 cm³/mol. The lowest BCUT2D eigenvalue weighted by atomic mass is 10.1. The molecule has 100 valence electrons. The van der Waals surface area contributed by atoms with E-state index in [0.29, 0.717) is 6.42 Å². The molecule has 2 N–H and O–H groups in total. The Labute approximate surface area is 113 Å². The summed E-state index contributed by atoms with van der Waals surface area (Å²) in [7, 11) is 1.99. The van der Waals surface area contributed by atoms with E-state index in [4.69, 9.17) is 5.73 Å². The minimum absolute atomic E-state index is 0.145. The fourth-order valence-electron chi connectivity index (χ4n) is 2.30. The van der Waals surface area contributed by atoms with Crippen molar-refractivity contribution in [2.75, 3.05) is 24.2 Å². The van der Waals surface area contributed by atoms with E-state index in [-0.39, 0.29) is 5.82 Å². The van der Waals surface area contributed by atoms with Gasteiger partial charge < -0.3 is 10.6 Å². The van der Waals surface area contributed by atoms with E-state index in [0.717, 1.165) is 29.0 Å². The Hall–Kier alpha value is -2.03. The van der Waals surface area contributed by atoms with Crippen molar-refractivity contribution in [1.82, 2.24) is 0 Å². The van der Waals surface area contributed by atoms with E-state index in [1.807, 2.05) is 44.3 Å². The third-order valence-electron chi connectivity index (χ3n) is 3.33. The van der Waals surface area contributed by atoms with Crippen LogP contribution in [0.5, 0.6) is 0 Å². The van der Waals surface area contributed by atoms with E-state index in [1.54, 1.807) is 6.07 Å². The molecule has 0 bridgehead atoms. The molecule has 2 aromatic carbocycles. The number of aryl methyl sites for hydroxylation is 1. The summed E-state index contributed by atoms with van der Waals surface area (Å²) in [4.78, 5) is 2.08. The van der Waals surface area contributed by atoms with Crippen molar-refractivity contribution in [3.05, 3.63) is 59.4 Å². The van der Waals surface area contributed by atoms with Crippen molar-refractivity contribution in [2.24, 2.45) is 0 Å². The van der Waals surface area contributed by atoms with Gasteiger partial charge in [-0.25, -0.2) is 4.39 Å². The van der Waals surface area contributed by atoms with Crippen molar-refractivity contribution < 1.29 is 4.39 Å². The molecule has 0 aromatic heterocycles. The van der Waals surface area contributed by atoms with Crippen LogP contribution in [0, 0.1) is 12.7 Å². The van der Waals surface area contributed by atoms with E-state index < -0.39 is 0 Å². The minimum atomic E-state index is -0.145. The number of nitrogen functional groups attached to an aromatic ring is 1. The maximum Gasteiger partial charge on any atom is 0.126 e. The summed E-state index contributed by atoms with van der Waals surface area (Å²) in [6.45, 7) is 2.77. The molecule has 0 atom stereocenters. The minimum Gasteiger partial charge on any atom is -0.397 e. The lowest BCUT2D eigenvalue weighted by Gasteiger charge is -2.23. The summed E-state index contributed by atoms with van der Waals surface area (Å²) in [5.41, 5.74) is 9.67. The molecule has 0 aliphatic carbocycles. The lowest BCUT2D eigenvalue weighted by Crippen LogP contribution is -2.22. The molecule has 3 heteroatoms. The number of anilines is 2. The zero-order valence-corrected chi connectivity index (χ0v) is 11.4. The van der Waals surface area contributed by atoms with Crippen LogP contribution in [0.4, 0.5) is 15.8 Å². The summed E-state index contributed by atoms with van der Waals surface area (Å²) >= 11 is 0. The molecule has 0 amide bonds. The fourth-order valence-corrected chi connectivity index (χ4v) is 2.30. The Bertz CT molecular complexity index is 546. The highest BCUT2D eigenvalue weighted by Crippen LogP contribution is 2.26. The van der Waals surface area contributed by atoms with E-state index in [2.05, 4.69) is 4.90 Å². The van der Waals surface area contributed by atoms with Crippen molar-refractivity contribution in [3.8, 4) is 0 Å². The Morgan fingerprint density at radius 3 is 2.53 bits per heavy atom. The summed E-state index contributed by atoms with van der Waals surface area (Å²) in [6, 6.07) is 12.8. The third kappa shape index (κ3) is 3.05.